The highest BCUT2D eigenvalue weighted by Gasteiger charge is 2.22. The molecular formula is C14H14F2O2S. The van der Waals surface area contributed by atoms with Crippen LogP contribution in [-0.2, 0) is 6.42 Å². The molecule has 0 saturated heterocycles. The Morgan fingerprint density at radius 2 is 1.89 bits per heavy atom. The lowest BCUT2D eigenvalue weighted by Crippen LogP contribution is -2.05. The number of ether oxygens (including phenoxy) is 1. The van der Waals surface area contributed by atoms with Crippen molar-refractivity contribution in [2.45, 2.75) is 19.4 Å². The minimum Gasteiger partial charge on any atom is -0.497 e. The Labute approximate surface area is 114 Å². The number of halogens is 2. The highest BCUT2D eigenvalue weighted by molar-refractivity contribution is 7.12. The van der Waals surface area contributed by atoms with Crippen molar-refractivity contribution in [3.05, 3.63) is 51.2 Å². The molecule has 0 saturated carbocycles. The molecule has 1 N–H and O–H groups in total. The summed E-state index contributed by atoms with van der Waals surface area (Å²) in [6, 6.07) is 5.67. The number of aliphatic hydroxyl groups excluding tert-OH is 1. The van der Waals surface area contributed by atoms with Gasteiger partial charge in [0, 0.05) is 21.9 Å². The maximum Gasteiger partial charge on any atom is 0.136 e. The van der Waals surface area contributed by atoms with Crippen molar-refractivity contribution in [1.29, 1.82) is 0 Å². The first-order chi connectivity index (χ1) is 9.06. The molecule has 1 unspecified atom stereocenters. The summed E-state index contributed by atoms with van der Waals surface area (Å²) in [6.07, 6.45) is -0.471. The molecule has 0 radical (unpaired) electrons. The number of hydrogen-bond acceptors (Lipinski definition) is 3. The van der Waals surface area contributed by atoms with E-state index < -0.39 is 17.7 Å². The molecule has 2 nitrogen and oxygen atoms in total. The largest absolute Gasteiger partial charge is 0.497 e. The first-order valence-electron chi connectivity index (χ1n) is 5.86. The summed E-state index contributed by atoms with van der Waals surface area (Å²) in [5, 5.41) is 10.1. The van der Waals surface area contributed by atoms with Crippen LogP contribution in [0.3, 0.4) is 0 Å². The first-order valence-corrected chi connectivity index (χ1v) is 6.68. The number of thiophene rings is 1. The van der Waals surface area contributed by atoms with E-state index in [1.807, 2.05) is 13.0 Å². The normalized spacial score (nSPS) is 12.5. The number of aryl methyl sites for hydroxylation is 1. The van der Waals surface area contributed by atoms with Gasteiger partial charge >= 0.3 is 0 Å². The zero-order valence-electron chi connectivity index (χ0n) is 10.6. The standard InChI is InChI=1S/C14H14F2O2S/c1-3-9-4-5-12(19-9)14(17)13-10(15)6-8(18-2)7-11(13)16/h4-7,14,17H,3H2,1-2H3. The van der Waals surface area contributed by atoms with E-state index in [4.69, 9.17) is 4.74 Å². The van der Waals surface area contributed by atoms with Gasteiger partial charge in [0.15, 0.2) is 0 Å². The van der Waals surface area contributed by atoms with Gasteiger partial charge in [0.2, 0.25) is 0 Å². The Kier molecular flexibility index (Phi) is 4.17. The van der Waals surface area contributed by atoms with Crippen LogP contribution in [0.5, 0.6) is 5.75 Å². The highest BCUT2D eigenvalue weighted by Crippen LogP contribution is 2.33. The van der Waals surface area contributed by atoms with Crippen molar-refractivity contribution in [1.82, 2.24) is 0 Å². The van der Waals surface area contributed by atoms with E-state index in [1.54, 1.807) is 6.07 Å². The molecule has 0 aliphatic carbocycles. The van der Waals surface area contributed by atoms with E-state index in [0.717, 1.165) is 23.4 Å². The smallest absolute Gasteiger partial charge is 0.136 e. The molecule has 2 rings (SSSR count). The fraction of sp³-hybridized carbons (Fsp3) is 0.286. The van der Waals surface area contributed by atoms with Gasteiger partial charge in [0.05, 0.1) is 12.7 Å². The SMILES string of the molecule is CCc1ccc(C(O)c2c(F)cc(OC)cc2F)s1. The average Bonchev–Trinajstić information content (AvgIpc) is 2.86. The van der Waals surface area contributed by atoms with Crippen LogP contribution in [0.1, 0.15) is 28.3 Å². The lowest BCUT2D eigenvalue weighted by Gasteiger charge is -2.12. The van der Waals surface area contributed by atoms with E-state index in [0.29, 0.717) is 4.88 Å². The van der Waals surface area contributed by atoms with Gasteiger partial charge < -0.3 is 9.84 Å². The van der Waals surface area contributed by atoms with Gasteiger partial charge in [-0.1, -0.05) is 6.92 Å². The Balaban J connectivity index is 2.40. The average molecular weight is 284 g/mol. The second-order valence-electron chi connectivity index (χ2n) is 4.06. The van der Waals surface area contributed by atoms with Gasteiger partial charge in [0.1, 0.15) is 23.5 Å². The van der Waals surface area contributed by atoms with Gasteiger partial charge in [-0.25, -0.2) is 8.78 Å². The van der Waals surface area contributed by atoms with Gasteiger partial charge in [-0.05, 0) is 18.6 Å². The molecule has 0 aliphatic rings. The lowest BCUT2D eigenvalue weighted by atomic mass is 10.1. The van der Waals surface area contributed by atoms with Crippen LogP contribution in [-0.4, -0.2) is 12.2 Å². The monoisotopic (exact) mass is 284 g/mol. The predicted molar refractivity (Wildman–Crippen MR) is 70.7 cm³/mol. The predicted octanol–water partition coefficient (Wildman–Crippen LogP) is 3.68. The first kappa shape index (κ1) is 14.0. The molecule has 0 aliphatic heterocycles. The van der Waals surface area contributed by atoms with Crippen molar-refractivity contribution < 1.29 is 18.6 Å². The summed E-state index contributed by atoms with van der Waals surface area (Å²) in [5.41, 5.74) is -0.342. The second-order valence-corrected chi connectivity index (χ2v) is 5.26. The number of aliphatic hydroxyl groups is 1. The zero-order valence-corrected chi connectivity index (χ0v) is 11.4. The summed E-state index contributed by atoms with van der Waals surface area (Å²) >= 11 is 1.35. The minimum absolute atomic E-state index is 0.0892. The minimum atomic E-state index is -1.30. The van der Waals surface area contributed by atoms with Crippen LogP contribution in [0.15, 0.2) is 24.3 Å². The van der Waals surface area contributed by atoms with Crippen molar-refractivity contribution >= 4 is 11.3 Å². The third-order valence-electron chi connectivity index (χ3n) is 2.86. The Morgan fingerprint density at radius 1 is 1.26 bits per heavy atom. The summed E-state index contributed by atoms with van der Waals surface area (Å²) in [6.45, 7) is 1.98. The molecule has 102 valence electrons. The lowest BCUT2D eigenvalue weighted by molar-refractivity contribution is 0.212. The zero-order chi connectivity index (χ0) is 14.0. The van der Waals surface area contributed by atoms with Crippen molar-refractivity contribution in [2.75, 3.05) is 7.11 Å². The fourth-order valence-electron chi connectivity index (χ4n) is 1.81. The Hall–Kier alpha value is -1.46. The summed E-state index contributed by atoms with van der Waals surface area (Å²) in [4.78, 5) is 1.59. The number of methoxy groups -OCH3 is 1. The van der Waals surface area contributed by atoms with E-state index in [-0.39, 0.29) is 11.3 Å². The van der Waals surface area contributed by atoms with E-state index in [9.17, 15) is 13.9 Å². The van der Waals surface area contributed by atoms with Crippen molar-refractivity contribution in [3.8, 4) is 5.75 Å². The molecule has 1 aromatic heterocycles. The molecule has 0 bridgehead atoms. The second kappa shape index (κ2) is 5.67. The van der Waals surface area contributed by atoms with Crippen LogP contribution in [0, 0.1) is 11.6 Å². The van der Waals surface area contributed by atoms with E-state index in [1.165, 1.54) is 18.4 Å². The summed E-state index contributed by atoms with van der Waals surface area (Å²) in [5.74, 6) is -1.53. The van der Waals surface area contributed by atoms with E-state index >= 15 is 0 Å². The molecule has 5 heteroatoms. The number of rotatable bonds is 4. The molecule has 1 heterocycles. The molecule has 2 aromatic rings. The maximum atomic E-state index is 13.8. The molecule has 0 fully saturated rings. The van der Waals surface area contributed by atoms with E-state index in [2.05, 4.69) is 0 Å². The number of benzene rings is 1. The van der Waals surface area contributed by atoms with Crippen LogP contribution in [0.4, 0.5) is 8.78 Å². The van der Waals surface area contributed by atoms with Crippen molar-refractivity contribution in [2.24, 2.45) is 0 Å². The summed E-state index contributed by atoms with van der Waals surface area (Å²) in [7, 11) is 1.33. The molecule has 1 aromatic carbocycles. The molecule has 19 heavy (non-hydrogen) atoms. The van der Waals surface area contributed by atoms with Crippen LogP contribution < -0.4 is 4.74 Å². The van der Waals surface area contributed by atoms with Gasteiger partial charge in [-0.15, -0.1) is 11.3 Å². The highest BCUT2D eigenvalue weighted by atomic mass is 32.1. The van der Waals surface area contributed by atoms with Crippen LogP contribution in [0.2, 0.25) is 0 Å². The van der Waals surface area contributed by atoms with Crippen molar-refractivity contribution in [3.63, 3.8) is 0 Å². The quantitative estimate of drug-likeness (QED) is 0.928. The third-order valence-corrected chi connectivity index (χ3v) is 4.14. The molecule has 0 amide bonds. The van der Waals surface area contributed by atoms with Gasteiger partial charge in [-0.2, -0.15) is 0 Å². The topological polar surface area (TPSA) is 29.5 Å². The van der Waals surface area contributed by atoms with Gasteiger partial charge in [0.25, 0.3) is 0 Å². The fourth-order valence-corrected chi connectivity index (χ4v) is 2.76. The van der Waals surface area contributed by atoms with Gasteiger partial charge in [-0.3, -0.25) is 0 Å². The maximum absolute atomic E-state index is 13.8. The third kappa shape index (κ3) is 2.77. The summed E-state index contributed by atoms with van der Waals surface area (Å²) < 4.78 is 32.5. The Morgan fingerprint density at radius 3 is 2.37 bits per heavy atom. The van der Waals surface area contributed by atoms with Crippen LogP contribution >= 0.6 is 11.3 Å². The van der Waals surface area contributed by atoms with Crippen LogP contribution in [0.25, 0.3) is 0 Å². The Bertz CT molecular complexity index is 558. The molecule has 0 spiro atoms. The number of hydrogen-bond donors (Lipinski definition) is 1. The molecule has 1 atom stereocenters. The molecular weight excluding hydrogens is 270 g/mol.